The molecule has 1 aliphatic heterocycles. The largest absolute Gasteiger partial charge is 0.373 e. The Bertz CT molecular complexity index is 878. The molecule has 1 aromatic rings. The van der Waals surface area contributed by atoms with Crippen LogP contribution in [0.5, 0.6) is 0 Å². The van der Waals surface area contributed by atoms with Crippen LogP contribution in [-0.2, 0) is 14.8 Å². The summed E-state index contributed by atoms with van der Waals surface area (Å²) in [7, 11) is -1.75. The van der Waals surface area contributed by atoms with Gasteiger partial charge in [-0.05, 0) is 25.0 Å². The van der Waals surface area contributed by atoms with Gasteiger partial charge in [-0.3, -0.25) is 4.79 Å². The van der Waals surface area contributed by atoms with E-state index in [0.717, 1.165) is 25.7 Å². The van der Waals surface area contributed by atoms with E-state index in [4.69, 9.17) is 0 Å². The lowest BCUT2D eigenvalue weighted by atomic mass is 9.94. The van der Waals surface area contributed by atoms with Gasteiger partial charge in [-0.15, -0.1) is 0 Å². The maximum atomic E-state index is 12.8. The van der Waals surface area contributed by atoms with E-state index in [-0.39, 0.29) is 22.4 Å². The molecule has 1 amide bonds. The quantitative estimate of drug-likeness (QED) is 0.543. The summed E-state index contributed by atoms with van der Waals surface area (Å²) in [6, 6.07) is 10.6. The van der Waals surface area contributed by atoms with E-state index >= 15 is 0 Å². The molecule has 2 fully saturated rings. The zero-order valence-electron chi connectivity index (χ0n) is 16.8. The first kappa shape index (κ1) is 21.3. The molecule has 1 heterocycles. The van der Waals surface area contributed by atoms with Crippen molar-refractivity contribution in [1.82, 2.24) is 14.1 Å². The van der Waals surface area contributed by atoms with Gasteiger partial charge in [0.05, 0.1) is 4.90 Å². The smallest absolute Gasteiger partial charge is 0.265 e. The Kier molecular flexibility index (Phi) is 6.93. The zero-order chi connectivity index (χ0) is 20.9. The fourth-order valence-corrected chi connectivity index (χ4v) is 5.40. The van der Waals surface area contributed by atoms with Gasteiger partial charge in [-0.1, -0.05) is 37.5 Å². The number of piperazine rings is 1. The number of benzene rings is 1. The molecule has 29 heavy (non-hydrogen) atoms. The second-order valence-electron chi connectivity index (χ2n) is 7.62. The lowest BCUT2D eigenvalue weighted by molar-refractivity contribution is -0.128. The van der Waals surface area contributed by atoms with Gasteiger partial charge in [0.15, 0.2) is 0 Å². The minimum absolute atomic E-state index is 0.109. The Morgan fingerprint density at radius 3 is 2.31 bits per heavy atom. The number of amides is 1. The average Bonchev–Trinajstić information content (AvgIpc) is 2.78. The molecular weight excluding hydrogens is 388 g/mol. The number of likely N-dealkylation sites (N-methyl/N-ethyl adjacent to an activating group) is 1. The summed E-state index contributed by atoms with van der Waals surface area (Å²) in [5.41, 5.74) is 0.109. The van der Waals surface area contributed by atoms with Crippen LogP contribution in [-0.4, -0.2) is 67.7 Å². The van der Waals surface area contributed by atoms with Crippen LogP contribution in [0.4, 0.5) is 0 Å². The van der Waals surface area contributed by atoms with E-state index < -0.39 is 10.0 Å². The van der Waals surface area contributed by atoms with E-state index in [1.54, 1.807) is 48.5 Å². The zero-order valence-corrected chi connectivity index (χ0v) is 17.6. The van der Waals surface area contributed by atoms with E-state index in [0.29, 0.717) is 26.2 Å². The van der Waals surface area contributed by atoms with Crippen molar-refractivity contribution >= 4 is 15.9 Å². The first-order valence-corrected chi connectivity index (χ1v) is 11.6. The first-order valence-electron chi connectivity index (χ1n) is 10.1. The molecule has 3 rings (SSSR count). The molecule has 0 radical (unpaired) electrons. The molecule has 0 bridgehead atoms. The minimum atomic E-state index is -3.52. The number of hydrogen-bond donors (Lipinski definition) is 0. The van der Waals surface area contributed by atoms with Crippen molar-refractivity contribution in [2.45, 2.75) is 43.0 Å². The first-order chi connectivity index (χ1) is 13.9. The lowest BCUT2D eigenvalue weighted by Gasteiger charge is -2.34. The number of carbonyl (C=O) groups is 1. The van der Waals surface area contributed by atoms with Crippen molar-refractivity contribution in [3.05, 3.63) is 42.1 Å². The van der Waals surface area contributed by atoms with Gasteiger partial charge < -0.3 is 9.80 Å². The lowest BCUT2D eigenvalue weighted by Crippen LogP contribution is -2.47. The van der Waals surface area contributed by atoms with Gasteiger partial charge in [0.1, 0.15) is 11.6 Å². The third kappa shape index (κ3) is 4.98. The van der Waals surface area contributed by atoms with Crippen LogP contribution in [0.3, 0.4) is 0 Å². The number of nitrogens with zero attached hydrogens (tertiary/aromatic N) is 4. The van der Waals surface area contributed by atoms with Crippen molar-refractivity contribution in [2.24, 2.45) is 0 Å². The number of nitriles is 1. The molecule has 1 aliphatic carbocycles. The Morgan fingerprint density at radius 1 is 1.10 bits per heavy atom. The van der Waals surface area contributed by atoms with Crippen molar-refractivity contribution < 1.29 is 13.2 Å². The van der Waals surface area contributed by atoms with Gasteiger partial charge in [0.25, 0.3) is 5.91 Å². The second kappa shape index (κ2) is 9.42. The monoisotopic (exact) mass is 416 g/mol. The van der Waals surface area contributed by atoms with Gasteiger partial charge in [0, 0.05) is 45.5 Å². The highest BCUT2D eigenvalue weighted by Gasteiger charge is 2.29. The highest BCUT2D eigenvalue weighted by atomic mass is 32.2. The fourth-order valence-electron chi connectivity index (χ4n) is 3.95. The third-order valence-electron chi connectivity index (χ3n) is 5.76. The molecule has 156 valence electrons. The van der Waals surface area contributed by atoms with Gasteiger partial charge in [-0.25, -0.2) is 8.42 Å². The van der Waals surface area contributed by atoms with E-state index in [1.165, 1.54) is 10.7 Å². The molecule has 8 heteroatoms. The third-order valence-corrected chi connectivity index (χ3v) is 7.67. The Balaban J connectivity index is 1.62. The molecule has 7 nitrogen and oxygen atoms in total. The van der Waals surface area contributed by atoms with Crippen LogP contribution in [0, 0.1) is 11.3 Å². The fraction of sp³-hybridized carbons (Fsp3) is 0.524. The van der Waals surface area contributed by atoms with Crippen molar-refractivity contribution in [3.63, 3.8) is 0 Å². The number of hydrogen-bond acceptors (Lipinski definition) is 5. The topological polar surface area (TPSA) is 84.7 Å². The Labute approximate surface area is 173 Å². The molecule has 0 atom stereocenters. The van der Waals surface area contributed by atoms with Crippen molar-refractivity contribution in [3.8, 4) is 6.07 Å². The molecule has 0 aromatic heterocycles. The normalized spacial score (nSPS) is 19.6. The maximum Gasteiger partial charge on any atom is 0.265 e. The summed E-state index contributed by atoms with van der Waals surface area (Å²) in [6.07, 6.45) is 7.00. The highest BCUT2D eigenvalue weighted by Crippen LogP contribution is 2.23. The Morgan fingerprint density at radius 2 is 1.72 bits per heavy atom. The highest BCUT2D eigenvalue weighted by molar-refractivity contribution is 7.89. The molecule has 0 N–H and O–H groups in total. The summed E-state index contributed by atoms with van der Waals surface area (Å²) in [5.74, 6) is -0.251. The van der Waals surface area contributed by atoms with Crippen molar-refractivity contribution in [1.29, 1.82) is 5.26 Å². The standard InChI is InChI=1S/C21H28N4O3S/c1-23(19-8-4-2-5-9-19)21(26)18(16-22)17-24-12-14-25(15-13-24)29(27,28)20-10-6-3-7-11-20/h3,6-7,10-11,17,19H,2,4-5,8-9,12-15H2,1H3/b18-17-. The van der Waals surface area contributed by atoms with Crippen LogP contribution in [0.25, 0.3) is 0 Å². The minimum Gasteiger partial charge on any atom is -0.373 e. The number of sulfonamides is 1. The summed E-state index contributed by atoms with van der Waals surface area (Å²) < 4.78 is 26.9. The van der Waals surface area contributed by atoms with Gasteiger partial charge >= 0.3 is 0 Å². The average molecular weight is 417 g/mol. The van der Waals surface area contributed by atoms with Crippen LogP contribution in [0.1, 0.15) is 32.1 Å². The van der Waals surface area contributed by atoms with E-state index in [9.17, 15) is 18.5 Å². The van der Waals surface area contributed by atoms with E-state index in [1.807, 2.05) is 11.0 Å². The predicted molar refractivity (Wildman–Crippen MR) is 110 cm³/mol. The van der Waals surface area contributed by atoms with Gasteiger partial charge in [-0.2, -0.15) is 9.57 Å². The predicted octanol–water partition coefficient (Wildman–Crippen LogP) is 2.19. The van der Waals surface area contributed by atoms with Crippen LogP contribution in [0.2, 0.25) is 0 Å². The summed E-state index contributed by atoms with van der Waals surface area (Å²) in [6.45, 7) is 1.52. The van der Waals surface area contributed by atoms with Gasteiger partial charge in [0.2, 0.25) is 10.0 Å². The SMILES string of the molecule is CN(C(=O)/C(C#N)=C\N1CCN(S(=O)(=O)c2ccccc2)CC1)C1CCCCC1. The Hall–Kier alpha value is -2.37. The molecule has 2 aliphatic rings. The molecular formula is C21H28N4O3S. The van der Waals surface area contributed by atoms with Crippen LogP contribution < -0.4 is 0 Å². The molecule has 0 spiro atoms. The van der Waals surface area contributed by atoms with Crippen LogP contribution >= 0.6 is 0 Å². The second-order valence-corrected chi connectivity index (χ2v) is 9.55. The van der Waals surface area contributed by atoms with Crippen LogP contribution in [0.15, 0.2) is 47.0 Å². The summed E-state index contributed by atoms with van der Waals surface area (Å²) in [4.78, 5) is 16.6. The maximum absolute atomic E-state index is 12.8. The van der Waals surface area contributed by atoms with E-state index in [2.05, 4.69) is 0 Å². The molecule has 1 aromatic carbocycles. The number of rotatable bonds is 5. The molecule has 1 saturated carbocycles. The molecule has 1 saturated heterocycles. The summed E-state index contributed by atoms with van der Waals surface area (Å²) in [5, 5.41) is 9.51. The molecule has 0 unspecified atom stereocenters. The van der Waals surface area contributed by atoms with Crippen molar-refractivity contribution in [2.75, 3.05) is 33.2 Å². The number of carbonyl (C=O) groups excluding carboxylic acids is 1. The summed E-state index contributed by atoms with van der Waals surface area (Å²) >= 11 is 0.